The van der Waals surface area contributed by atoms with E-state index in [9.17, 15) is 4.79 Å². The van der Waals surface area contributed by atoms with Gasteiger partial charge in [0.2, 0.25) is 0 Å². The smallest absolute Gasteiger partial charge is 0.255 e. The standard InChI is InChI=1S/C21H18Cl2N2O3/c22-18-11-14(12-19(23)20(18)27-10-9-24)21(26)25-15-5-4-8-17(13-15)28-16-6-2-1-3-7-16/h1-8,11-13H,9-10,24H2,(H,25,26). The Morgan fingerprint density at radius 2 is 1.61 bits per heavy atom. The number of hydrogen-bond donors (Lipinski definition) is 2. The largest absolute Gasteiger partial charge is 0.489 e. The Bertz CT molecular complexity index is 942. The number of hydrogen-bond acceptors (Lipinski definition) is 4. The molecule has 0 aliphatic heterocycles. The van der Waals surface area contributed by atoms with Crippen molar-refractivity contribution in [3.8, 4) is 17.2 Å². The van der Waals surface area contributed by atoms with Crippen LogP contribution in [0.1, 0.15) is 10.4 Å². The highest BCUT2D eigenvalue weighted by molar-refractivity contribution is 6.37. The minimum Gasteiger partial charge on any atom is -0.489 e. The van der Waals surface area contributed by atoms with E-state index in [1.807, 2.05) is 30.3 Å². The SMILES string of the molecule is NCCOc1c(Cl)cc(C(=O)Nc2cccc(Oc3ccccc3)c2)cc1Cl. The van der Waals surface area contributed by atoms with Crippen molar-refractivity contribution in [3.05, 3.63) is 82.3 Å². The summed E-state index contributed by atoms with van der Waals surface area (Å²) in [7, 11) is 0. The average molecular weight is 417 g/mol. The number of carbonyl (C=O) groups is 1. The zero-order valence-corrected chi connectivity index (χ0v) is 16.3. The number of ether oxygens (including phenoxy) is 2. The highest BCUT2D eigenvalue weighted by Crippen LogP contribution is 2.34. The van der Waals surface area contributed by atoms with Crippen LogP contribution in [-0.2, 0) is 0 Å². The summed E-state index contributed by atoms with van der Waals surface area (Å²) in [5.74, 6) is 1.26. The van der Waals surface area contributed by atoms with Crippen molar-refractivity contribution in [1.82, 2.24) is 0 Å². The maximum atomic E-state index is 12.6. The molecule has 3 N–H and O–H groups in total. The molecule has 0 aromatic heterocycles. The van der Waals surface area contributed by atoms with Crippen LogP contribution in [0.4, 0.5) is 5.69 Å². The van der Waals surface area contributed by atoms with E-state index in [4.69, 9.17) is 38.4 Å². The van der Waals surface area contributed by atoms with Crippen molar-refractivity contribution in [2.75, 3.05) is 18.5 Å². The molecule has 0 unspecified atom stereocenters. The summed E-state index contributed by atoms with van der Waals surface area (Å²) in [4.78, 5) is 12.6. The van der Waals surface area contributed by atoms with Gasteiger partial charge in [-0.05, 0) is 36.4 Å². The Kier molecular flexibility index (Phi) is 6.76. The van der Waals surface area contributed by atoms with Crippen molar-refractivity contribution in [2.24, 2.45) is 5.73 Å². The van der Waals surface area contributed by atoms with Gasteiger partial charge in [0.05, 0.1) is 10.0 Å². The van der Waals surface area contributed by atoms with E-state index in [-0.39, 0.29) is 22.6 Å². The number of anilines is 1. The molecule has 0 aliphatic rings. The minimum atomic E-state index is -0.356. The van der Waals surface area contributed by atoms with E-state index >= 15 is 0 Å². The first-order chi connectivity index (χ1) is 13.6. The lowest BCUT2D eigenvalue weighted by atomic mass is 10.2. The summed E-state index contributed by atoms with van der Waals surface area (Å²) in [6.07, 6.45) is 0. The van der Waals surface area contributed by atoms with E-state index in [2.05, 4.69) is 5.32 Å². The molecule has 0 fully saturated rings. The lowest BCUT2D eigenvalue weighted by Gasteiger charge is -2.12. The van der Waals surface area contributed by atoms with Gasteiger partial charge in [-0.2, -0.15) is 0 Å². The predicted octanol–water partition coefficient (Wildman–Crippen LogP) is 5.38. The van der Waals surface area contributed by atoms with E-state index in [0.717, 1.165) is 0 Å². The molecular formula is C21H18Cl2N2O3. The molecule has 0 atom stereocenters. The minimum absolute atomic E-state index is 0.243. The highest BCUT2D eigenvalue weighted by Gasteiger charge is 2.14. The number of benzene rings is 3. The molecule has 3 rings (SSSR count). The van der Waals surface area contributed by atoms with Gasteiger partial charge in [0.15, 0.2) is 5.75 Å². The molecule has 0 aliphatic carbocycles. The molecule has 0 bridgehead atoms. The van der Waals surface area contributed by atoms with Gasteiger partial charge >= 0.3 is 0 Å². The Morgan fingerprint density at radius 3 is 2.29 bits per heavy atom. The molecule has 0 saturated carbocycles. The summed E-state index contributed by atoms with van der Waals surface area (Å²) in [6, 6.07) is 19.5. The van der Waals surface area contributed by atoms with Gasteiger partial charge < -0.3 is 20.5 Å². The zero-order chi connectivity index (χ0) is 19.9. The number of halogens is 2. The van der Waals surface area contributed by atoms with Crippen molar-refractivity contribution >= 4 is 34.8 Å². The Hall–Kier alpha value is -2.73. The molecule has 28 heavy (non-hydrogen) atoms. The summed E-state index contributed by atoms with van der Waals surface area (Å²) in [5.41, 5.74) is 6.30. The number of nitrogens with two attached hydrogens (primary N) is 1. The molecule has 7 heteroatoms. The van der Waals surface area contributed by atoms with Gasteiger partial charge in [0.1, 0.15) is 18.1 Å². The predicted molar refractivity (Wildman–Crippen MR) is 112 cm³/mol. The highest BCUT2D eigenvalue weighted by atomic mass is 35.5. The average Bonchev–Trinajstić information content (AvgIpc) is 2.68. The number of nitrogens with one attached hydrogen (secondary N) is 1. The second-order valence-electron chi connectivity index (χ2n) is 5.80. The van der Waals surface area contributed by atoms with Gasteiger partial charge in [-0.3, -0.25) is 4.79 Å². The second-order valence-corrected chi connectivity index (χ2v) is 6.62. The van der Waals surface area contributed by atoms with Crippen molar-refractivity contribution in [2.45, 2.75) is 0 Å². The Labute approximate surface area is 173 Å². The molecule has 3 aromatic rings. The van der Waals surface area contributed by atoms with E-state index in [1.165, 1.54) is 12.1 Å². The number of carbonyl (C=O) groups excluding carboxylic acids is 1. The third kappa shape index (κ3) is 5.16. The molecule has 1 amide bonds. The number of amides is 1. The van der Waals surface area contributed by atoms with Crippen LogP contribution in [0.25, 0.3) is 0 Å². The lowest BCUT2D eigenvalue weighted by molar-refractivity contribution is 0.102. The van der Waals surface area contributed by atoms with E-state index < -0.39 is 0 Å². The van der Waals surface area contributed by atoms with Crippen LogP contribution in [-0.4, -0.2) is 19.1 Å². The summed E-state index contributed by atoms with van der Waals surface area (Å²) >= 11 is 12.4. The Balaban J connectivity index is 1.73. The Morgan fingerprint density at radius 1 is 0.929 bits per heavy atom. The van der Waals surface area contributed by atoms with Crippen LogP contribution in [0, 0.1) is 0 Å². The fourth-order valence-corrected chi connectivity index (χ4v) is 3.05. The van der Waals surface area contributed by atoms with Crippen LogP contribution in [0.5, 0.6) is 17.2 Å². The second kappa shape index (κ2) is 9.46. The molecule has 0 spiro atoms. The third-order valence-corrected chi connectivity index (χ3v) is 4.26. The summed E-state index contributed by atoms with van der Waals surface area (Å²) < 4.78 is 11.2. The van der Waals surface area contributed by atoms with Crippen molar-refractivity contribution < 1.29 is 14.3 Å². The molecule has 0 heterocycles. The van der Waals surface area contributed by atoms with Crippen LogP contribution in [0.3, 0.4) is 0 Å². The first kappa shape index (κ1) is 20.0. The maximum Gasteiger partial charge on any atom is 0.255 e. The van der Waals surface area contributed by atoms with Crippen molar-refractivity contribution in [1.29, 1.82) is 0 Å². The van der Waals surface area contributed by atoms with Crippen LogP contribution >= 0.6 is 23.2 Å². The summed E-state index contributed by atoms with van der Waals surface area (Å²) in [5, 5.41) is 3.29. The fourth-order valence-electron chi connectivity index (χ4n) is 2.46. The topological polar surface area (TPSA) is 73.6 Å². The molecule has 3 aromatic carbocycles. The summed E-state index contributed by atoms with van der Waals surface area (Å²) in [6.45, 7) is 0.607. The quantitative estimate of drug-likeness (QED) is 0.542. The van der Waals surface area contributed by atoms with Gasteiger partial charge in [-0.15, -0.1) is 0 Å². The molecular weight excluding hydrogens is 399 g/mol. The van der Waals surface area contributed by atoms with E-state index in [0.29, 0.717) is 35.0 Å². The number of rotatable bonds is 7. The lowest BCUT2D eigenvalue weighted by Crippen LogP contribution is -2.13. The van der Waals surface area contributed by atoms with Crippen molar-refractivity contribution in [3.63, 3.8) is 0 Å². The van der Waals surface area contributed by atoms with Gasteiger partial charge in [-0.25, -0.2) is 0 Å². The normalized spacial score (nSPS) is 10.4. The fraction of sp³-hybridized carbons (Fsp3) is 0.0952. The molecule has 0 radical (unpaired) electrons. The number of para-hydroxylation sites is 1. The van der Waals surface area contributed by atoms with Gasteiger partial charge in [0, 0.05) is 23.9 Å². The van der Waals surface area contributed by atoms with Crippen LogP contribution in [0.15, 0.2) is 66.7 Å². The first-order valence-corrected chi connectivity index (χ1v) is 9.28. The van der Waals surface area contributed by atoms with Gasteiger partial charge in [-0.1, -0.05) is 47.5 Å². The monoisotopic (exact) mass is 416 g/mol. The van der Waals surface area contributed by atoms with Crippen LogP contribution < -0.4 is 20.5 Å². The molecule has 5 nitrogen and oxygen atoms in total. The molecule has 0 saturated heterocycles. The van der Waals surface area contributed by atoms with Gasteiger partial charge in [0.25, 0.3) is 5.91 Å². The van der Waals surface area contributed by atoms with E-state index in [1.54, 1.807) is 24.3 Å². The van der Waals surface area contributed by atoms with Crippen LogP contribution in [0.2, 0.25) is 10.0 Å². The zero-order valence-electron chi connectivity index (χ0n) is 14.8. The molecule has 144 valence electrons. The maximum absolute atomic E-state index is 12.6. The third-order valence-electron chi connectivity index (χ3n) is 3.70. The first-order valence-electron chi connectivity index (χ1n) is 8.53.